The topological polar surface area (TPSA) is 76.4 Å². The van der Waals surface area contributed by atoms with Gasteiger partial charge in [0.25, 0.3) is 0 Å². The lowest BCUT2D eigenvalue weighted by Crippen LogP contribution is -2.49. The SMILES string of the molecule is COc1ccccc1N1CCN(C(=O)CC(Cn2cnnn2)c2ccc(Cl)cc2)CC1. The summed E-state index contributed by atoms with van der Waals surface area (Å²) in [5.74, 6) is 0.944. The standard InChI is InChI=1S/C22H25ClN6O2/c1-31-21-5-3-2-4-20(21)27-10-12-28(13-11-27)22(30)14-18(15-29-16-24-25-26-29)17-6-8-19(23)9-7-17/h2-9,16,18H,10-15H2,1H3. The maximum Gasteiger partial charge on any atom is 0.223 e. The smallest absolute Gasteiger partial charge is 0.223 e. The van der Waals surface area contributed by atoms with Crippen LogP contribution < -0.4 is 9.64 Å². The van der Waals surface area contributed by atoms with E-state index >= 15 is 0 Å². The van der Waals surface area contributed by atoms with Crippen LogP contribution in [0.3, 0.4) is 0 Å². The lowest BCUT2D eigenvalue weighted by molar-refractivity contribution is -0.132. The number of para-hydroxylation sites is 2. The van der Waals surface area contributed by atoms with Crippen molar-refractivity contribution in [3.8, 4) is 5.75 Å². The number of nitrogens with zero attached hydrogens (tertiary/aromatic N) is 6. The molecule has 2 heterocycles. The zero-order chi connectivity index (χ0) is 21.6. The quantitative estimate of drug-likeness (QED) is 0.562. The van der Waals surface area contributed by atoms with E-state index in [9.17, 15) is 4.79 Å². The molecule has 0 N–H and O–H groups in total. The molecule has 1 saturated heterocycles. The van der Waals surface area contributed by atoms with Crippen molar-refractivity contribution in [3.05, 3.63) is 65.4 Å². The van der Waals surface area contributed by atoms with Crippen molar-refractivity contribution in [3.63, 3.8) is 0 Å². The van der Waals surface area contributed by atoms with Gasteiger partial charge in [-0.15, -0.1) is 5.10 Å². The molecule has 0 saturated carbocycles. The fourth-order valence-electron chi connectivity index (χ4n) is 3.94. The van der Waals surface area contributed by atoms with Gasteiger partial charge in [0.05, 0.1) is 19.3 Å². The highest BCUT2D eigenvalue weighted by molar-refractivity contribution is 6.30. The molecule has 4 rings (SSSR count). The number of halogens is 1. The molecule has 0 spiro atoms. The van der Waals surface area contributed by atoms with Gasteiger partial charge in [-0.2, -0.15) is 0 Å². The second kappa shape index (κ2) is 9.78. The van der Waals surface area contributed by atoms with Gasteiger partial charge in [0.15, 0.2) is 0 Å². The summed E-state index contributed by atoms with van der Waals surface area (Å²) in [5.41, 5.74) is 2.11. The summed E-state index contributed by atoms with van der Waals surface area (Å²) in [5, 5.41) is 12.0. The monoisotopic (exact) mass is 440 g/mol. The number of amides is 1. The molecule has 8 nitrogen and oxygen atoms in total. The third-order valence-corrected chi connectivity index (χ3v) is 5.87. The van der Waals surface area contributed by atoms with Crippen molar-refractivity contribution >= 4 is 23.2 Å². The largest absolute Gasteiger partial charge is 0.495 e. The van der Waals surface area contributed by atoms with Gasteiger partial charge in [-0.25, -0.2) is 4.68 Å². The van der Waals surface area contributed by atoms with Gasteiger partial charge in [-0.3, -0.25) is 4.79 Å². The van der Waals surface area contributed by atoms with E-state index in [2.05, 4.69) is 26.5 Å². The number of hydrogen-bond donors (Lipinski definition) is 0. The average molecular weight is 441 g/mol. The molecule has 3 aromatic rings. The van der Waals surface area contributed by atoms with Crippen molar-refractivity contribution in [2.24, 2.45) is 0 Å². The predicted molar refractivity (Wildman–Crippen MR) is 118 cm³/mol. The third-order valence-electron chi connectivity index (χ3n) is 5.62. The molecule has 1 aromatic heterocycles. The highest BCUT2D eigenvalue weighted by atomic mass is 35.5. The van der Waals surface area contributed by atoms with Crippen LogP contribution in [0.15, 0.2) is 54.9 Å². The first kappa shape index (κ1) is 21.1. The van der Waals surface area contributed by atoms with Crippen molar-refractivity contribution in [1.29, 1.82) is 0 Å². The van der Waals surface area contributed by atoms with Gasteiger partial charge < -0.3 is 14.5 Å². The summed E-state index contributed by atoms with van der Waals surface area (Å²) in [6, 6.07) is 15.6. The molecule has 1 amide bonds. The van der Waals surface area contributed by atoms with E-state index in [0.717, 1.165) is 30.1 Å². The van der Waals surface area contributed by atoms with Gasteiger partial charge in [0, 0.05) is 43.5 Å². The Balaban J connectivity index is 1.41. The molecule has 1 aliphatic heterocycles. The summed E-state index contributed by atoms with van der Waals surface area (Å²) in [6.45, 7) is 3.42. The van der Waals surface area contributed by atoms with Crippen molar-refractivity contribution in [1.82, 2.24) is 25.1 Å². The Hall–Kier alpha value is -3.13. The number of methoxy groups -OCH3 is 1. The summed E-state index contributed by atoms with van der Waals surface area (Å²) in [7, 11) is 1.68. The molecular formula is C22H25ClN6O2. The molecule has 1 atom stereocenters. The van der Waals surface area contributed by atoms with Crippen LogP contribution in [0.25, 0.3) is 0 Å². The molecule has 2 aromatic carbocycles. The van der Waals surface area contributed by atoms with E-state index in [1.807, 2.05) is 47.4 Å². The van der Waals surface area contributed by atoms with Crippen molar-refractivity contribution < 1.29 is 9.53 Å². The minimum atomic E-state index is -0.0412. The first-order valence-electron chi connectivity index (χ1n) is 10.3. The summed E-state index contributed by atoms with van der Waals surface area (Å²) < 4.78 is 7.14. The van der Waals surface area contributed by atoms with Gasteiger partial charge in [-0.1, -0.05) is 35.9 Å². The Morgan fingerprint density at radius 2 is 1.84 bits per heavy atom. The Labute approximate surface area is 186 Å². The van der Waals surface area contributed by atoms with Gasteiger partial charge >= 0.3 is 0 Å². The van der Waals surface area contributed by atoms with Crippen LogP contribution in [0.5, 0.6) is 5.75 Å². The number of rotatable bonds is 7. The van der Waals surface area contributed by atoms with Crippen molar-refractivity contribution in [2.45, 2.75) is 18.9 Å². The number of ether oxygens (including phenoxy) is 1. The molecule has 0 aliphatic carbocycles. The van der Waals surface area contributed by atoms with Gasteiger partial charge in [0.1, 0.15) is 12.1 Å². The molecule has 162 valence electrons. The Bertz CT molecular complexity index is 988. The molecular weight excluding hydrogens is 416 g/mol. The van der Waals surface area contributed by atoms with Crippen LogP contribution >= 0.6 is 11.6 Å². The first-order chi connectivity index (χ1) is 15.1. The maximum atomic E-state index is 13.1. The van der Waals surface area contributed by atoms with Crippen LogP contribution in [0.1, 0.15) is 17.9 Å². The number of benzene rings is 2. The second-order valence-electron chi connectivity index (χ2n) is 7.52. The third kappa shape index (κ3) is 5.14. The fraction of sp³-hybridized carbons (Fsp3) is 0.364. The first-order valence-corrected chi connectivity index (χ1v) is 10.6. The lowest BCUT2D eigenvalue weighted by atomic mass is 9.95. The normalized spacial score (nSPS) is 15.0. The molecule has 1 aliphatic rings. The van der Waals surface area contributed by atoms with Gasteiger partial charge in [-0.05, 0) is 40.3 Å². The van der Waals surface area contributed by atoms with Gasteiger partial charge in [0.2, 0.25) is 5.91 Å². The number of hydrogen-bond acceptors (Lipinski definition) is 6. The summed E-state index contributed by atoms with van der Waals surface area (Å²) >= 11 is 6.05. The Kier molecular flexibility index (Phi) is 6.66. The Morgan fingerprint density at radius 1 is 1.10 bits per heavy atom. The summed E-state index contributed by atoms with van der Waals surface area (Å²) in [6.07, 6.45) is 1.95. The zero-order valence-electron chi connectivity index (χ0n) is 17.4. The predicted octanol–water partition coefficient (Wildman–Crippen LogP) is 2.86. The lowest BCUT2D eigenvalue weighted by Gasteiger charge is -2.37. The van der Waals surface area contributed by atoms with E-state index in [1.54, 1.807) is 18.1 Å². The van der Waals surface area contributed by atoms with Crippen LogP contribution in [0.4, 0.5) is 5.69 Å². The van der Waals surface area contributed by atoms with Crippen LogP contribution in [0.2, 0.25) is 5.02 Å². The van der Waals surface area contributed by atoms with Crippen LogP contribution in [0, 0.1) is 0 Å². The molecule has 0 bridgehead atoms. The highest BCUT2D eigenvalue weighted by Crippen LogP contribution is 2.29. The molecule has 31 heavy (non-hydrogen) atoms. The second-order valence-corrected chi connectivity index (χ2v) is 7.96. The highest BCUT2D eigenvalue weighted by Gasteiger charge is 2.26. The number of aromatic nitrogens is 4. The van der Waals surface area contributed by atoms with E-state index < -0.39 is 0 Å². The van der Waals surface area contributed by atoms with E-state index in [-0.39, 0.29) is 11.8 Å². The van der Waals surface area contributed by atoms with Crippen LogP contribution in [-0.4, -0.2) is 64.3 Å². The number of carbonyl (C=O) groups is 1. The number of anilines is 1. The molecule has 1 unspecified atom stereocenters. The minimum absolute atomic E-state index is 0.0412. The number of carbonyl (C=O) groups excluding carboxylic acids is 1. The van der Waals surface area contributed by atoms with Crippen LogP contribution in [-0.2, 0) is 11.3 Å². The summed E-state index contributed by atoms with van der Waals surface area (Å²) in [4.78, 5) is 17.3. The zero-order valence-corrected chi connectivity index (χ0v) is 18.1. The molecule has 1 fully saturated rings. The average Bonchev–Trinajstić information content (AvgIpc) is 3.32. The number of piperazine rings is 1. The molecule has 0 radical (unpaired) electrons. The van der Waals surface area contributed by atoms with Crippen molar-refractivity contribution in [2.75, 3.05) is 38.2 Å². The van der Waals surface area contributed by atoms with E-state index in [4.69, 9.17) is 16.3 Å². The Morgan fingerprint density at radius 3 is 2.52 bits per heavy atom. The van der Waals surface area contributed by atoms with E-state index in [0.29, 0.717) is 31.1 Å². The van der Waals surface area contributed by atoms with E-state index in [1.165, 1.54) is 0 Å². The fourth-order valence-corrected chi connectivity index (χ4v) is 4.07. The number of tetrazole rings is 1. The minimum Gasteiger partial charge on any atom is -0.495 e. The molecule has 9 heteroatoms. The maximum absolute atomic E-state index is 13.1.